The summed E-state index contributed by atoms with van der Waals surface area (Å²) in [5, 5.41) is 13.9. The topological polar surface area (TPSA) is 157 Å². The summed E-state index contributed by atoms with van der Waals surface area (Å²) < 4.78 is 56.2. The SMILES string of the molecule is CCCCC(CC)CNC1CCN(S(=O)(=O)c2ccc(CNC(=O)c3ccc(Cl)cc3)s2)C1.CCCCCCCCNC1CCN(S(=O)(=O)c2ccc(CNC(=O)c3ccc(Cl)cc3)s2)C1. The first-order valence-corrected chi connectivity index (χ1v) is 28.7. The van der Waals surface area contributed by atoms with Crippen LogP contribution in [-0.2, 0) is 33.1 Å². The lowest BCUT2D eigenvalue weighted by Crippen LogP contribution is -2.37. The van der Waals surface area contributed by atoms with Gasteiger partial charge < -0.3 is 21.3 Å². The standard InChI is InChI=1S/2C24H34ClN3O3S2/c1-3-5-6-18(4-2)15-26-21-13-14-28(17-21)33(30,31)23-12-11-22(32-23)16-27-24(29)19-7-9-20(25)10-8-19;1-2-3-4-5-6-7-15-26-21-14-16-28(18-21)33(30,31)23-13-12-22(32-23)17-27-24(29)19-8-10-20(25)11-9-19/h7-12,18,21,26H,3-6,13-17H2,1-2H3,(H,27,29);8-13,21,26H,2-7,14-18H2,1H3,(H,27,29). The van der Waals surface area contributed by atoms with E-state index in [1.165, 1.54) is 74.0 Å². The van der Waals surface area contributed by atoms with Crippen LogP contribution in [0.2, 0.25) is 10.0 Å². The summed E-state index contributed by atoms with van der Waals surface area (Å²) >= 11 is 14.1. The fraction of sp³-hybridized carbons (Fsp3) is 0.542. The Balaban J connectivity index is 0.000000247. The van der Waals surface area contributed by atoms with E-state index in [0.717, 1.165) is 48.5 Å². The molecule has 3 unspecified atom stereocenters. The Hall–Kier alpha value is -2.90. The third-order valence-electron chi connectivity index (χ3n) is 12.0. The van der Waals surface area contributed by atoms with Crippen molar-refractivity contribution in [3.05, 3.63) is 104 Å². The van der Waals surface area contributed by atoms with Gasteiger partial charge in [-0.1, -0.05) is 95.3 Å². The van der Waals surface area contributed by atoms with Gasteiger partial charge in [0.05, 0.1) is 13.1 Å². The number of thiophene rings is 2. The minimum Gasteiger partial charge on any atom is -0.347 e. The Bertz CT molecular complexity index is 2330. The summed E-state index contributed by atoms with van der Waals surface area (Å²) in [5.41, 5.74) is 1.03. The molecule has 2 aliphatic rings. The molecule has 2 amide bonds. The van der Waals surface area contributed by atoms with Crippen LogP contribution in [0.15, 0.2) is 81.2 Å². The number of nitrogens with zero attached hydrogens (tertiary/aromatic N) is 2. The number of hydrogen-bond acceptors (Lipinski definition) is 10. The number of rotatable bonds is 25. The lowest BCUT2D eigenvalue weighted by molar-refractivity contribution is 0.0943. The summed E-state index contributed by atoms with van der Waals surface area (Å²) in [6.07, 6.45) is 14.0. The summed E-state index contributed by atoms with van der Waals surface area (Å²) in [7, 11) is -7.03. The molecule has 6 rings (SSSR count). The lowest BCUT2D eigenvalue weighted by atomic mass is 9.99. The van der Waals surface area contributed by atoms with Gasteiger partial charge in [-0.05, 0) is 117 Å². The maximum Gasteiger partial charge on any atom is 0.252 e. The number of nitrogens with one attached hydrogen (secondary N) is 4. The van der Waals surface area contributed by atoms with Crippen molar-refractivity contribution in [2.75, 3.05) is 39.3 Å². The van der Waals surface area contributed by atoms with Gasteiger partial charge in [-0.3, -0.25) is 9.59 Å². The molecule has 18 heteroatoms. The highest BCUT2D eigenvalue weighted by Gasteiger charge is 2.35. The smallest absolute Gasteiger partial charge is 0.252 e. The molecule has 4 heterocycles. The molecule has 4 N–H and O–H groups in total. The summed E-state index contributed by atoms with van der Waals surface area (Å²) in [6, 6.07) is 20.5. The zero-order chi connectivity index (χ0) is 47.5. The van der Waals surface area contributed by atoms with Crippen LogP contribution in [0.1, 0.15) is 128 Å². The molecule has 2 saturated heterocycles. The van der Waals surface area contributed by atoms with Gasteiger partial charge in [-0.2, -0.15) is 8.61 Å². The maximum absolute atomic E-state index is 13.1. The summed E-state index contributed by atoms with van der Waals surface area (Å²) in [4.78, 5) is 26.2. The van der Waals surface area contributed by atoms with Crippen molar-refractivity contribution in [3.8, 4) is 0 Å². The first-order chi connectivity index (χ1) is 31.7. The van der Waals surface area contributed by atoms with Crippen LogP contribution >= 0.6 is 45.9 Å². The van der Waals surface area contributed by atoms with E-state index in [4.69, 9.17) is 23.2 Å². The molecule has 4 aromatic rings. The first kappa shape index (κ1) is 54.0. The van der Waals surface area contributed by atoms with Crippen LogP contribution in [0.25, 0.3) is 0 Å². The fourth-order valence-corrected chi connectivity index (χ4v) is 14.0. The Labute approximate surface area is 411 Å². The van der Waals surface area contributed by atoms with Gasteiger partial charge in [0.25, 0.3) is 31.9 Å². The minimum atomic E-state index is -3.52. The highest BCUT2D eigenvalue weighted by molar-refractivity contribution is 7.91. The van der Waals surface area contributed by atoms with Gasteiger partial charge >= 0.3 is 0 Å². The van der Waals surface area contributed by atoms with Crippen molar-refractivity contribution in [2.45, 2.75) is 131 Å². The van der Waals surface area contributed by atoms with E-state index in [1.807, 2.05) is 0 Å². The number of carbonyl (C=O) groups is 2. The molecule has 0 radical (unpaired) electrons. The van der Waals surface area contributed by atoms with Crippen LogP contribution in [0.4, 0.5) is 0 Å². The zero-order valence-electron chi connectivity index (χ0n) is 38.5. The molecule has 66 heavy (non-hydrogen) atoms. The molecule has 2 aliphatic heterocycles. The number of carbonyl (C=O) groups excluding carboxylic acids is 2. The summed E-state index contributed by atoms with van der Waals surface area (Å²) in [6.45, 7) is 11.2. The second kappa shape index (κ2) is 27.3. The van der Waals surface area contributed by atoms with E-state index >= 15 is 0 Å². The Kier molecular flexibility index (Phi) is 22.4. The van der Waals surface area contributed by atoms with Gasteiger partial charge in [0.2, 0.25) is 0 Å². The van der Waals surface area contributed by atoms with Crippen LogP contribution in [0, 0.1) is 5.92 Å². The largest absolute Gasteiger partial charge is 0.347 e. The quantitative estimate of drug-likeness (QED) is 0.0478. The molecule has 2 fully saturated rings. The van der Waals surface area contributed by atoms with E-state index in [9.17, 15) is 26.4 Å². The second-order valence-electron chi connectivity index (χ2n) is 17.1. The molecule has 2 aromatic heterocycles. The monoisotopic (exact) mass is 1020 g/mol. The summed E-state index contributed by atoms with van der Waals surface area (Å²) in [5.74, 6) is 0.212. The predicted octanol–water partition coefficient (Wildman–Crippen LogP) is 9.95. The highest BCUT2D eigenvalue weighted by atomic mass is 35.5. The number of benzene rings is 2. The van der Waals surface area contributed by atoms with Gasteiger partial charge in [0, 0.05) is 69.2 Å². The average Bonchev–Trinajstić information content (AvgIpc) is 4.17. The molecular formula is C48H68Cl2N6O6S4. The number of halogens is 2. The number of amides is 2. The van der Waals surface area contributed by atoms with E-state index in [-0.39, 0.29) is 37.0 Å². The fourth-order valence-electron chi connectivity index (χ4n) is 7.89. The maximum atomic E-state index is 13.1. The number of hydrogen-bond donors (Lipinski definition) is 4. The van der Waals surface area contributed by atoms with E-state index in [0.29, 0.717) is 61.7 Å². The molecule has 0 aliphatic carbocycles. The second-order valence-corrected chi connectivity index (χ2v) is 24.6. The van der Waals surface area contributed by atoms with Crippen molar-refractivity contribution in [3.63, 3.8) is 0 Å². The van der Waals surface area contributed by atoms with Crippen LogP contribution in [0.5, 0.6) is 0 Å². The molecule has 2 aromatic carbocycles. The highest BCUT2D eigenvalue weighted by Crippen LogP contribution is 2.29. The van der Waals surface area contributed by atoms with Crippen LogP contribution < -0.4 is 21.3 Å². The van der Waals surface area contributed by atoms with Gasteiger partial charge in [0.15, 0.2) is 0 Å². The predicted molar refractivity (Wildman–Crippen MR) is 271 cm³/mol. The van der Waals surface area contributed by atoms with Crippen molar-refractivity contribution in [1.82, 2.24) is 29.9 Å². The van der Waals surface area contributed by atoms with E-state index < -0.39 is 20.0 Å². The molecule has 12 nitrogen and oxygen atoms in total. The first-order valence-electron chi connectivity index (χ1n) is 23.4. The van der Waals surface area contributed by atoms with Crippen LogP contribution in [-0.4, -0.2) is 88.6 Å². The molecule has 0 bridgehead atoms. The molecule has 364 valence electrons. The van der Waals surface area contributed by atoms with Crippen LogP contribution in [0.3, 0.4) is 0 Å². The van der Waals surface area contributed by atoms with Gasteiger partial charge in [-0.25, -0.2) is 16.8 Å². The minimum absolute atomic E-state index is 0.202. The number of sulfonamides is 2. The Morgan fingerprint density at radius 1 is 0.621 bits per heavy atom. The third kappa shape index (κ3) is 16.7. The van der Waals surface area contributed by atoms with Crippen molar-refractivity contribution in [1.29, 1.82) is 0 Å². The zero-order valence-corrected chi connectivity index (χ0v) is 43.3. The van der Waals surface area contributed by atoms with Gasteiger partial charge in [0.1, 0.15) is 8.42 Å². The Morgan fingerprint density at radius 2 is 1.08 bits per heavy atom. The molecular weight excluding hydrogens is 956 g/mol. The average molecular weight is 1020 g/mol. The molecule has 0 saturated carbocycles. The Morgan fingerprint density at radius 3 is 1.55 bits per heavy atom. The van der Waals surface area contributed by atoms with Crippen molar-refractivity contribution >= 4 is 77.7 Å². The number of unbranched alkanes of at least 4 members (excludes halogenated alkanes) is 6. The molecule has 0 spiro atoms. The third-order valence-corrected chi connectivity index (χ3v) is 19.4. The van der Waals surface area contributed by atoms with E-state index in [2.05, 4.69) is 42.0 Å². The van der Waals surface area contributed by atoms with Gasteiger partial charge in [-0.15, -0.1) is 22.7 Å². The normalized spacial score (nSPS) is 17.3. The van der Waals surface area contributed by atoms with Crippen molar-refractivity contribution < 1.29 is 26.4 Å². The van der Waals surface area contributed by atoms with E-state index in [1.54, 1.807) is 81.4 Å². The molecule has 3 atom stereocenters. The lowest BCUT2D eigenvalue weighted by Gasteiger charge is -2.20. The van der Waals surface area contributed by atoms with Crippen molar-refractivity contribution in [2.24, 2.45) is 5.92 Å².